The lowest BCUT2D eigenvalue weighted by atomic mass is 10.1. The number of rotatable bonds is 4. The molecule has 2 rings (SSSR count). The van der Waals surface area contributed by atoms with Gasteiger partial charge in [0.25, 0.3) is 0 Å². The molecule has 2 nitrogen and oxygen atoms in total. The number of aryl methyl sites for hydroxylation is 1. The van der Waals surface area contributed by atoms with Crippen molar-refractivity contribution in [2.45, 2.75) is 13.0 Å². The first-order valence-electron chi connectivity index (χ1n) is 5.89. The van der Waals surface area contributed by atoms with E-state index in [1.165, 1.54) is 5.56 Å². The molecule has 1 atom stereocenters. The first-order chi connectivity index (χ1) is 8.70. The van der Waals surface area contributed by atoms with Crippen LogP contribution < -0.4 is 5.32 Å². The Morgan fingerprint density at radius 3 is 2.61 bits per heavy atom. The molecule has 0 aliphatic carbocycles. The first-order valence-corrected chi connectivity index (χ1v) is 6.68. The van der Waals surface area contributed by atoms with Gasteiger partial charge in [0.05, 0.1) is 12.6 Å². The highest BCUT2D eigenvalue weighted by molar-refractivity contribution is 9.10. The standard InChI is InChI=1S/C15H16BrNO/c1-11-5-2-3-8-14(11)17-15(10-18)12-6-4-7-13(16)9-12/h2-9,15,17-18H,10H2,1H3. The average molecular weight is 306 g/mol. The molecule has 0 spiro atoms. The van der Waals surface area contributed by atoms with E-state index in [1.807, 2.05) is 42.5 Å². The monoisotopic (exact) mass is 305 g/mol. The lowest BCUT2D eigenvalue weighted by Crippen LogP contribution is -2.15. The second-order valence-corrected chi connectivity index (χ2v) is 5.17. The molecule has 18 heavy (non-hydrogen) atoms. The molecule has 1 unspecified atom stereocenters. The van der Waals surface area contributed by atoms with E-state index in [0.717, 1.165) is 15.7 Å². The maximum atomic E-state index is 9.54. The number of hydrogen-bond acceptors (Lipinski definition) is 2. The Hall–Kier alpha value is -1.32. The number of nitrogens with one attached hydrogen (secondary N) is 1. The van der Waals surface area contributed by atoms with E-state index < -0.39 is 0 Å². The third-order valence-electron chi connectivity index (χ3n) is 2.91. The molecule has 0 saturated heterocycles. The molecule has 0 radical (unpaired) electrons. The number of para-hydroxylation sites is 1. The Balaban J connectivity index is 2.23. The third kappa shape index (κ3) is 3.12. The highest BCUT2D eigenvalue weighted by atomic mass is 79.9. The Morgan fingerprint density at radius 2 is 1.94 bits per heavy atom. The second-order valence-electron chi connectivity index (χ2n) is 4.25. The van der Waals surface area contributed by atoms with Crippen LogP contribution in [-0.4, -0.2) is 11.7 Å². The van der Waals surface area contributed by atoms with Crippen LogP contribution in [0.3, 0.4) is 0 Å². The summed E-state index contributed by atoms with van der Waals surface area (Å²) in [5, 5.41) is 12.9. The van der Waals surface area contributed by atoms with Crippen LogP contribution in [-0.2, 0) is 0 Å². The van der Waals surface area contributed by atoms with Crippen LogP contribution in [0.5, 0.6) is 0 Å². The van der Waals surface area contributed by atoms with Crippen LogP contribution in [0.2, 0.25) is 0 Å². The Labute approximate surface area is 116 Å². The highest BCUT2D eigenvalue weighted by Crippen LogP contribution is 2.23. The SMILES string of the molecule is Cc1ccccc1NC(CO)c1cccc(Br)c1. The number of aliphatic hydroxyl groups excluding tert-OH is 1. The van der Waals surface area contributed by atoms with Gasteiger partial charge >= 0.3 is 0 Å². The number of halogens is 1. The molecule has 0 aliphatic heterocycles. The predicted octanol–water partition coefficient (Wildman–Crippen LogP) is 3.90. The molecule has 94 valence electrons. The highest BCUT2D eigenvalue weighted by Gasteiger charge is 2.11. The molecular weight excluding hydrogens is 290 g/mol. The Bertz CT molecular complexity index is 527. The number of anilines is 1. The number of aliphatic hydroxyl groups is 1. The first kappa shape index (κ1) is 13.1. The molecule has 0 bridgehead atoms. The van der Waals surface area contributed by atoms with Crippen molar-refractivity contribution in [2.24, 2.45) is 0 Å². The Morgan fingerprint density at radius 1 is 1.17 bits per heavy atom. The smallest absolute Gasteiger partial charge is 0.0745 e. The zero-order valence-corrected chi connectivity index (χ0v) is 11.8. The van der Waals surface area contributed by atoms with Gasteiger partial charge in [-0.1, -0.05) is 46.3 Å². The summed E-state index contributed by atoms with van der Waals surface area (Å²) in [6.07, 6.45) is 0. The summed E-state index contributed by atoms with van der Waals surface area (Å²) in [4.78, 5) is 0. The van der Waals surface area contributed by atoms with E-state index in [4.69, 9.17) is 0 Å². The summed E-state index contributed by atoms with van der Waals surface area (Å²) < 4.78 is 1.02. The van der Waals surface area contributed by atoms with Gasteiger partial charge in [-0.05, 0) is 36.2 Å². The quantitative estimate of drug-likeness (QED) is 0.898. The minimum atomic E-state index is -0.0939. The number of benzene rings is 2. The minimum Gasteiger partial charge on any atom is -0.394 e. The zero-order valence-electron chi connectivity index (χ0n) is 10.2. The Kier molecular flexibility index (Phi) is 4.39. The molecule has 0 aliphatic rings. The fourth-order valence-corrected chi connectivity index (χ4v) is 2.30. The van der Waals surface area contributed by atoms with E-state index in [9.17, 15) is 5.11 Å². The van der Waals surface area contributed by atoms with Gasteiger partial charge in [-0.15, -0.1) is 0 Å². The van der Waals surface area contributed by atoms with Gasteiger partial charge in [0, 0.05) is 10.2 Å². The summed E-state index contributed by atoms with van der Waals surface area (Å²) in [6.45, 7) is 2.11. The molecule has 2 aromatic carbocycles. The summed E-state index contributed by atoms with van der Waals surface area (Å²) >= 11 is 3.45. The lowest BCUT2D eigenvalue weighted by Gasteiger charge is -2.19. The molecule has 2 N–H and O–H groups in total. The van der Waals surface area contributed by atoms with Crippen molar-refractivity contribution >= 4 is 21.6 Å². The van der Waals surface area contributed by atoms with Gasteiger partial charge in [-0.3, -0.25) is 0 Å². The van der Waals surface area contributed by atoms with Gasteiger partial charge in [0.1, 0.15) is 0 Å². The van der Waals surface area contributed by atoms with Crippen LogP contribution in [0.15, 0.2) is 53.0 Å². The van der Waals surface area contributed by atoms with E-state index >= 15 is 0 Å². The van der Waals surface area contributed by atoms with Gasteiger partial charge < -0.3 is 10.4 Å². The molecular formula is C15H16BrNO. The molecule has 0 aromatic heterocycles. The minimum absolute atomic E-state index is 0.0603. The van der Waals surface area contributed by atoms with E-state index in [0.29, 0.717) is 0 Å². The molecule has 2 aromatic rings. The lowest BCUT2D eigenvalue weighted by molar-refractivity contribution is 0.276. The largest absolute Gasteiger partial charge is 0.394 e. The van der Waals surface area contributed by atoms with Crippen molar-refractivity contribution in [3.8, 4) is 0 Å². The van der Waals surface area contributed by atoms with Crippen molar-refractivity contribution in [3.05, 3.63) is 64.1 Å². The van der Waals surface area contributed by atoms with Crippen LogP contribution in [0.25, 0.3) is 0 Å². The summed E-state index contributed by atoms with van der Waals surface area (Å²) in [5.74, 6) is 0. The van der Waals surface area contributed by atoms with Crippen molar-refractivity contribution in [3.63, 3.8) is 0 Å². The summed E-state index contributed by atoms with van der Waals surface area (Å²) in [5.41, 5.74) is 3.29. The fraction of sp³-hybridized carbons (Fsp3) is 0.200. The maximum Gasteiger partial charge on any atom is 0.0745 e. The van der Waals surface area contributed by atoms with Crippen LogP contribution in [0.4, 0.5) is 5.69 Å². The van der Waals surface area contributed by atoms with Crippen LogP contribution in [0, 0.1) is 6.92 Å². The molecule has 0 heterocycles. The van der Waals surface area contributed by atoms with Gasteiger partial charge in [-0.25, -0.2) is 0 Å². The summed E-state index contributed by atoms with van der Waals surface area (Å²) in [6, 6.07) is 16.0. The zero-order chi connectivity index (χ0) is 13.0. The van der Waals surface area contributed by atoms with Crippen LogP contribution in [0.1, 0.15) is 17.2 Å². The van der Waals surface area contributed by atoms with Crippen molar-refractivity contribution in [2.75, 3.05) is 11.9 Å². The molecule has 0 amide bonds. The van der Waals surface area contributed by atoms with E-state index in [2.05, 4.69) is 34.2 Å². The fourth-order valence-electron chi connectivity index (χ4n) is 1.88. The predicted molar refractivity (Wildman–Crippen MR) is 78.8 cm³/mol. The third-order valence-corrected chi connectivity index (χ3v) is 3.40. The topological polar surface area (TPSA) is 32.3 Å². The normalized spacial score (nSPS) is 12.2. The van der Waals surface area contributed by atoms with Crippen molar-refractivity contribution in [1.82, 2.24) is 0 Å². The molecule has 0 saturated carbocycles. The average Bonchev–Trinajstić information content (AvgIpc) is 2.38. The second kappa shape index (κ2) is 6.03. The van der Waals surface area contributed by atoms with Crippen molar-refractivity contribution in [1.29, 1.82) is 0 Å². The van der Waals surface area contributed by atoms with Gasteiger partial charge in [0.15, 0.2) is 0 Å². The van der Waals surface area contributed by atoms with Crippen molar-refractivity contribution < 1.29 is 5.11 Å². The van der Waals surface area contributed by atoms with E-state index in [-0.39, 0.29) is 12.6 Å². The number of hydrogen-bond donors (Lipinski definition) is 2. The summed E-state index contributed by atoms with van der Waals surface area (Å²) in [7, 11) is 0. The van der Waals surface area contributed by atoms with Gasteiger partial charge in [0.2, 0.25) is 0 Å². The maximum absolute atomic E-state index is 9.54. The molecule has 3 heteroatoms. The van der Waals surface area contributed by atoms with Crippen LogP contribution >= 0.6 is 15.9 Å². The molecule has 0 fully saturated rings. The van der Waals surface area contributed by atoms with E-state index in [1.54, 1.807) is 0 Å². The van der Waals surface area contributed by atoms with Gasteiger partial charge in [-0.2, -0.15) is 0 Å².